The minimum Gasteiger partial charge on any atom is -0.394 e. The third kappa shape index (κ3) is 51.8. The lowest BCUT2D eigenvalue weighted by Gasteiger charge is -2.21. The molecule has 0 bridgehead atoms. The van der Waals surface area contributed by atoms with Gasteiger partial charge in [-0.15, -0.1) is 0 Å². The van der Waals surface area contributed by atoms with Crippen LogP contribution in [0, 0.1) is 0 Å². The monoisotopic (exact) mass is 914 g/mol. The van der Waals surface area contributed by atoms with Crippen LogP contribution in [0.3, 0.4) is 0 Å². The van der Waals surface area contributed by atoms with Crippen LogP contribution < -0.4 is 5.32 Å². The maximum absolute atomic E-state index is 12.5. The van der Waals surface area contributed by atoms with Crippen molar-refractivity contribution >= 4 is 5.91 Å². The Balaban J connectivity index is 3.57. The average molecular weight is 915 g/mol. The second kappa shape index (κ2) is 55.2. The zero-order valence-electron chi connectivity index (χ0n) is 43.9. The molecule has 65 heavy (non-hydrogen) atoms. The van der Waals surface area contributed by atoms with Crippen LogP contribution in [0.2, 0.25) is 0 Å². The van der Waals surface area contributed by atoms with Gasteiger partial charge in [-0.05, 0) is 51.4 Å². The van der Waals surface area contributed by atoms with Crippen molar-refractivity contribution in [1.82, 2.24) is 5.32 Å². The quantitative estimate of drug-likeness (QED) is 0.0361. The molecular formula is C60H115NO4. The highest BCUT2D eigenvalue weighted by atomic mass is 16.3. The second-order valence-corrected chi connectivity index (χ2v) is 20.3. The molecule has 3 atom stereocenters. The molecule has 0 aromatic carbocycles. The van der Waals surface area contributed by atoms with Gasteiger partial charge in [0.1, 0.15) is 0 Å². The van der Waals surface area contributed by atoms with Crippen molar-refractivity contribution in [3.05, 3.63) is 36.5 Å². The van der Waals surface area contributed by atoms with Gasteiger partial charge in [0.25, 0.3) is 0 Å². The molecule has 5 nitrogen and oxygen atoms in total. The van der Waals surface area contributed by atoms with E-state index in [2.05, 4.69) is 43.5 Å². The van der Waals surface area contributed by atoms with Crippen LogP contribution in [0.5, 0.6) is 0 Å². The van der Waals surface area contributed by atoms with Crippen LogP contribution in [0.1, 0.15) is 316 Å². The van der Waals surface area contributed by atoms with Crippen molar-refractivity contribution < 1.29 is 20.1 Å². The Hall–Kier alpha value is -1.43. The number of allylic oxidation sites excluding steroid dienone is 5. The van der Waals surface area contributed by atoms with Gasteiger partial charge in [0.05, 0.1) is 31.3 Å². The number of unbranched alkanes of at least 4 members (excludes halogenated alkanes) is 41. The molecule has 0 fully saturated rings. The van der Waals surface area contributed by atoms with Crippen LogP contribution in [-0.4, -0.2) is 46.1 Å². The SMILES string of the molecule is CCCCCCCCCCC/C=C\C/C=C\CCCCCCCCCCCCCC(O)CC(=O)NC(CO)C(O)/C=C/CCCCCCCCCCCCCCCCCCCCCCC. The van der Waals surface area contributed by atoms with Crippen LogP contribution >= 0.6 is 0 Å². The standard InChI is InChI=1S/C60H115NO4/c1-3-5-7-9-11-13-15-17-19-21-23-25-27-28-29-30-32-33-35-37-39-41-43-45-47-49-51-53-57(63)55-60(65)61-58(56-62)59(64)54-52-50-48-46-44-42-40-38-36-34-31-26-24-22-20-18-16-14-12-10-8-6-4-2/h23,25,28-29,52,54,57-59,62-64H,3-22,24,26-27,30-51,53,55-56H2,1-2H3,(H,61,65)/b25-23-,29-28-,54-52+. The molecule has 0 aliphatic carbocycles. The van der Waals surface area contributed by atoms with E-state index in [9.17, 15) is 20.1 Å². The zero-order valence-corrected chi connectivity index (χ0v) is 43.9. The van der Waals surface area contributed by atoms with E-state index in [0.29, 0.717) is 6.42 Å². The molecule has 1 amide bonds. The fraction of sp³-hybridized carbons (Fsp3) is 0.883. The summed E-state index contributed by atoms with van der Waals surface area (Å²) in [5.74, 6) is -0.313. The Kier molecular flexibility index (Phi) is 54.0. The Morgan fingerprint density at radius 1 is 0.400 bits per heavy atom. The van der Waals surface area contributed by atoms with Gasteiger partial charge < -0.3 is 20.6 Å². The molecule has 4 N–H and O–H groups in total. The van der Waals surface area contributed by atoms with E-state index < -0.39 is 18.2 Å². The molecule has 0 saturated carbocycles. The molecule has 0 heterocycles. The number of aliphatic hydroxyl groups excluding tert-OH is 3. The largest absolute Gasteiger partial charge is 0.394 e. The summed E-state index contributed by atoms with van der Waals surface area (Å²) >= 11 is 0. The highest BCUT2D eigenvalue weighted by molar-refractivity contribution is 5.76. The number of rotatable bonds is 54. The maximum atomic E-state index is 12.5. The van der Waals surface area contributed by atoms with Gasteiger partial charge in [0.15, 0.2) is 0 Å². The number of nitrogens with one attached hydrogen (secondary N) is 1. The Bertz CT molecular complexity index is 1010. The Labute approximate surface area is 406 Å². The average Bonchev–Trinajstić information content (AvgIpc) is 3.30. The van der Waals surface area contributed by atoms with E-state index >= 15 is 0 Å². The fourth-order valence-electron chi connectivity index (χ4n) is 9.20. The molecule has 0 aromatic heterocycles. The molecule has 3 unspecified atom stereocenters. The predicted octanol–water partition coefficient (Wildman–Crippen LogP) is 18.2. The minimum atomic E-state index is -0.931. The van der Waals surface area contributed by atoms with Crippen molar-refractivity contribution in [3.63, 3.8) is 0 Å². The maximum Gasteiger partial charge on any atom is 0.222 e. The molecule has 0 radical (unpaired) electrons. The van der Waals surface area contributed by atoms with E-state index in [4.69, 9.17) is 0 Å². The van der Waals surface area contributed by atoms with Gasteiger partial charge in [-0.25, -0.2) is 0 Å². The number of hydrogen-bond acceptors (Lipinski definition) is 4. The van der Waals surface area contributed by atoms with Gasteiger partial charge >= 0.3 is 0 Å². The Morgan fingerprint density at radius 2 is 0.692 bits per heavy atom. The van der Waals surface area contributed by atoms with Crippen molar-refractivity contribution in [1.29, 1.82) is 0 Å². The lowest BCUT2D eigenvalue weighted by atomic mass is 10.0. The molecule has 384 valence electrons. The number of carbonyl (C=O) groups excluding carboxylic acids is 1. The third-order valence-electron chi connectivity index (χ3n) is 13.7. The first kappa shape index (κ1) is 63.6. The molecule has 0 spiro atoms. The summed E-state index contributed by atoms with van der Waals surface area (Å²) in [5, 5.41) is 33.5. The summed E-state index contributed by atoms with van der Waals surface area (Å²) in [6.45, 7) is 4.25. The van der Waals surface area contributed by atoms with Gasteiger partial charge in [0, 0.05) is 0 Å². The second-order valence-electron chi connectivity index (χ2n) is 20.3. The minimum absolute atomic E-state index is 0.0134. The molecule has 0 saturated heterocycles. The van der Waals surface area contributed by atoms with Gasteiger partial charge in [0.2, 0.25) is 5.91 Å². The topological polar surface area (TPSA) is 89.8 Å². The van der Waals surface area contributed by atoms with E-state index in [-0.39, 0.29) is 18.9 Å². The molecule has 0 rings (SSSR count). The van der Waals surface area contributed by atoms with Crippen LogP contribution in [0.15, 0.2) is 36.5 Å². The predicted molar refractivity (Wildman–Crippen MR) is 287 cm³/mol. The summed E-state index contributed by atoms with van der Waals surface area (Å²) in [4.78, 5) is 12.5. The Morgan fingerprint density at radius 3 is 1.02 bits per heavy atom. The number of carbonyl (C=O) groups is 1. The van der Waals surface area contributed by atoms with Crippen molar-refractivity contribution in [2.45, 2.75) is 334 Å². The highest BCUT2D eigenvalue weighted by Gasteiger charge is 2.20. The van der Waals surface area contributed by atoms with E-state index in [1.54, 1.807) is 6.08 Å². The molecule has 0 aromatic rings. The van der Waals surface area contributed by atoms with Crippen molar-refractivity contribution in [2.24, 2.45) is 0 Å². The number of aliphatic hydroxyl groups is 3. The van der Waals surface area contributed by atoms with E-state index in [1.165, 1.54) is 257 Å². The molecule has 5 heteroatoms. The van der Waals surface area contributed by atoms with Crippen molar-refractivity contribution in [2.75, 3.05) is 6.61 Å². The lowest BCUT2D eigenvalue weighted by Crippen LogP contribution is -2.45. The first-order valence-corrected chi connectivity index (χ1v) is 29.3. The summed E-state index contributed by atoms with van der Waals surface area (Å²) in [6.07, 6.45) is 71.9. The summed E-state index contributed by atoms with van der Waals surface area (Å²) in [5.41, 5.74) is 0. The summed E-state index contributed by atoms with van der Waals surface area (Å²) in [6, 6.07) is -0.746. The van der Waals surface area contributed by atoms with Crippen LogP contribution in [-0.2, 0) is 4.79 Å². The van der Waals surface area contributed by atoms with E-state index in [1.807, 2.05) is 6.08 Å². The highest BCUT2D eigenvalue weighted by Crippen LogP contribution is 2.17. The molecule has 0 aliphatic heterocycles. The fourth-order valence-corrected chi connectivity index (χ4v) is 9.20. The molecule has 0 aliphatic rings. The first-order valence-electron chi connectivity index (χ1n) is 29.3. The van der Waals surface area contributed by atoms with Crippen LogP contribution in [0.25, 0.3) is 0 Å². The smallest absolute Gasteiger partial charge is 0.222 e. The van der Waals surface area contributed by atoms with Crippen molar-refractivity contribution in [3.8, 4) is 0 Å². The number of amides is 1. The normalized spacial score (nSPS) is 13.5. The summed E-state index contributed by atoms with van der Waals surface area (Å²) < 4.78 is 0. The van der Waals surface area contributed by atoms with Crippen LogP contribution in [0.4, 0.5) is 0 Å². The van der Waals surface area contributed by atoms with Gasteiger partial charge in [-0.1, -0.05) is 294 Å². The third-order valence-corrected chi connectivity index (χ3v) is 13.7. The zero-order chi connectivity index (χ0) is 47.2. The van der Waals surface area contributed by atoms with E-state index in [0.717, 1.165) is 32.1 Å². The van der Waals surface area contributed by atoms with Gasteiger partial charge in [-0.3, -0.25) is 4.79 Å². The van der Waals surface area contributed by atoms with Gasteiger partial charge in [-0.2, -0.15) is 0 Å². The lowest BCUT2D eigenvalue weighted by molar-refractivity contribution is -0.124. The summed E-state index contributed by atoms with van der Waals surface area (Å²) in [7, 11) is 0. The molecular weight excluding hydrogens is 799 g/mol. The number of hydrogen-bond donors (Lipinski definition) is 4. The first-order chi connectivity index (χ1) is 32.0.